The zero-order valence-corrected chi connectivity index (χ0v) is 14.9. The van der Waals surface area contributed by atoms with Gasteiger partial charge in [-0.05, 0) is 31.0 Å². The zero-order valence-electron chi connectivity index (χ0n) is 14.1. The quantitative estimate of drug-likeness (QED) is 0.832. The first-order valence-corrected chi connectivity index (χ1v) is 9.83. The van der Waals surface area contributed by atoms with Gasteiger partial charge >= 0.3 is 0 Å². The molecule has 0 bridgehead atoms. The van der Waals surface area contributed by atoms with Crippen molar-refractivity contribution in [2.45, 2.75) is 18.9 Å². The van der Waals surface area contributed by atoms with Crippen LogP contribution in [0.15, 0.2) is 29.2 Å². The Morgan fingerprint density at radius 1 is 1.32 bits per heavy atom. The summed E-state index contributed by atoms with van der Waals surface area (Å²) < 4.78 is 25.9. The van der Waals surface area contributed by atoms with Crippen molar-refractivity contribution in [2.24, 2.45) is 7.05 Å². The molecular weight excluding hydrogens is 344 g/mol. The van der Waals surface area contributed by atoms with Crippen molar-refractivity contribution in [3.05, 3.63) is 40.3 Å². The van der Waals surface area contributed by atoms with Gasteiger partial charge in [0.1, 0.15) is 5.56 Å². The molecule has 0 aliphatic carbocycles. The summed E-state index contributed by atoms with van der Waals surface area (Å²) in [7, 11) is -1.60. The van der Waals surface area contributed by atoms with Crippen LogP contribution in [0.4, 0.5) is 0 Å². The normalized spacial score (nSPS) is 16.9. The Balaban J connectivity index is 1.78. The molecular formula is C16H20N4O4S. The molecule has 0 unspecified atom stereocenters. The Bertz CT molecular complexity index is 975. The molecule has 1 aliphatic heterocycles. The molecule has 2 aromatic rings. The minimum atomic E-state index is -3.21. The predicted molar refractivity (Wildman–Crippen MR) is 93.9 cm³/mol. The lowest BCUT2D eigenvalue weighted by Crippen LogP contribution is -2.47. The number of hydrogen-bond donors (Lipinski definition) is 1. The van der Waals surface area contributed by atoms with Gasteiger partial charge in [-0.2, -0.15) is 0 Å². The maximum Gasteiger partial charge on any atom is 0.263 e. The van der Waals surface area contributed by atoms with Gasteiger partial charge in [-0.1, -0.05) is 0 Å². The minimum absolute atomic E-state index is 0.0410. The lowest BCUT2D eigenvalue weighted by molar-refractivity contribution is 0.0922. The number of piperidine rings is 1. The maximum absolute atomic E-state index is 12.5. The van der Waals surface area contributed by atoms with Gasteiger partial charge in [0.15, 0.2) is 0 Å². The van der Waals surface area contributed by atoms with Gasteiger partial charge in [-0.3, -0.25) is 14.6 Å². The van der Waals surface area contributed by atoms with E-state index in [-0.39, 0.29) is 17.2 Å². The summed E-state index contributed by atoms with van der Waals surface area (Å²) in [5, 5.41) is 2.84. The summed E-state index contributed by atoms with van der Waals surface area (Å²) in [6.45, 7) is 0.724. The van der Waals surface area contributed by atoms with Crippen LogP contribution in [0.3, 0.4) is 0 Å². The first-order valence-electron chi connectivity index (χ1n) is 7.98. The van der Waals surface area contributed by atoms with Crippen molar-refractivity contribution >= 4 is 27.0 Å². The summed E-state index contributed by atoms with van der Waals surface area (Å²) in [4.78, 5) is 29.2. The summed E-state index contributed by atoms with van der Waals surface area (Å²) in [6, 6.07) is 4.84. The average Bonchev–Trinajstić information content (AvgIpc) is 2.57. The van der Waals surface area contributed by atoms with Crippen LogP contribution in [0, 0.1) is 0 Å². The lowest BCUT2D eigenvalue weighted by atomic mass is 10.1. The second kappa shape index (κ2) is 6.57. The van der Waals surface area contributed by atoms with Crippen LogP contribution >= 0.6 is 0 Å². The van der Waals surface area contributed by atoms with Crippen molar-refractivity contribution in [3.8, 4) is 0 Å². The number of carbonyl (C=O) groups excluding carboxylic acids is 1. The molecule has 0 atom stereocenters. The fourth-order valence-electron chi connectivity index (χ4n) is 3.05. The molecule has 0 radical (unpaired) electrons. The Kier molecular flexibility index (Phi) is 4.61. The molecule has 3 heterocycles. The summed E-state index contributed by atoms with van der Waals surface area (Å²) in [6.07, 6.45) is 3.82. The molecule has 0 aromatic carbocycles. The van der Waals surface area contributed by atoms with E-state index in [4.69, 9.17) is 0 Å². The number of fused-ring (bicyclic) bond motifs is 1. The number of aryl methyl sites for hydroxylation is 1. The fraction of sp³-hybridized carbons (Fsp3) is 0.438. The Labute approximate surface area is 145 Å². The van der Waals surface area contributed by atoms with Crippen LogP contribution in [0.25, 0.3) is 11.0 Å². The van der Waals surface area contributed by atoms with Gasteiger partial charge in [0, 0.05) is 32.4 Å². The van der Waals surface area contributed by atoms with E-state index < -0.39 is 15.9 Å². The van der Waals surface area contributed by atoms with Crippen molar-refractivity contribution in [3.63, 3.8) is 0 Å². The summed E-state index contributed by atoms with van der Waals surface area (Å²) in [5.41, 5.74) is 0.887. The third-order valence-electron chi connectivity index (χ3n) is 4.50. The first-order chi connectivity index (χ1) is 11.8. The number of rotatable bonds is 3. The van der Waals surface area contributed by atoms with Crippen LogP contribution in [0.2, 0.25) is 0 Å². The van der Waals surface area contributed by atoms with Gasteiger partial charge in [0.2, 0.25) is 10.0 Å². The highest BCUT2D eigenvalue weighted by molar-refractivity contribution is 7.88. The van der Waals surface area contributed by atoms with Crippen LogP contribution in [-0.4, -0.2) is 53.6 Å². The van der Waals surface area contributed by atoms with Crippen molar-refractivity contribution in [1.29, 1.82) is 0 Å². The number of pyridine rings is 2. The van der Waals surface area contributed by atoms with E-state index in [9.17, 15) is 18.0 Å². The standard InChI is InChI=1S/C16H20N4O4S/c1-19-14-4-3-7-17-13(14)10-12(16(19)22)15(21)18-11-5-8-20(9-6-11)25(2,23)24/h3-4,7,10-11H,5-6,8-9H2,1-2H3,(H,18,21). The number of sulfonamides is 1. The van der Waals surface area contributed by atoms with E-state index in [1.165, 1.54) is 21.2 Å². The van der Waals surface area contributed by atoms with Crippen LogP contribution in [0.5, 0.6) is 0 Å². The topological polar surface area (TPSA) is 101 Å². The highest BCUT2D eigenvalue weighted by Gasteiger charge is 2.26. The van der Waals surface area contributed by atoms with E-state index in [0.717, 1.165) is 0 Å². The number of amides is 1. The van der Waals surface area contributed by atoms with Crippen LogP contribution in [0.1, 0.15) is 23.2 Å². The van der Waals surface area contributed by atoms with E-state index in [1.807, 2.05) is 0 Å². The molecule has 25 heavy (non-hydrogen) atoms. The molecule has 1 N–H and O–H groups in total. The first kappa shape index (κ1) is 17.6. The summed E-state index contributed by atoms with van der Waals surface area (Å²) >= 11 is 0. The second-order valence-corrected chi connectivity index (χ2v) is 8.22. The minimum Gasteiger partial charge on any atom is -0.349 e. The Hall–Kier alpha value is -2.26. The Morgan fingerprint density at radius 2 is 2.00 bits per heavy atom. The van der Waals surface area contributed by atoms with Crippen molar-refractivity contribution in [1.82, 2.24) is 19.2 Å². The molecule has 2 aromatic heterocycles. The highest BCUT2D eigenvalue weighted by atomic mass is 32.2. The molecule has 1 aliphatic rings. The molecule has 9 heteroatoms. The molecule has 1 amide bonds. The third-order valence-corrected chi connectivity index (χ3v) is 5.80. The number of hydrogen-bond acceptors (Lipinski definition) is 5. The largest absolute Gasteiger partial charge is 0.349 e. The fourth-order valence-corrected chi connectivity index (χ4v) is 3.92. The lowest BCUT2D eigenvalue weighted by Gasteiger charge is -2.30. The van der Waals surface area contributed by atoms with E-state index in [2.05, 4.69) is 10.3 Å². The highest BCUT2D eigenvalue weighted by Crippen LogP contribution is 2.14. The van der Waals surface area contributed by atoms with E-state index in [0.29, 0.717) is 37.0 Å². The monoisotopic (exact) mass is 364 g/mol. The molecule has 3 rings (SSSR count). The predicted octanol–water partition coefficient (Wildman–Crippen LogP) is 0.0873. The van der Waals surface area contributed by atoms with Crippen LogP contribution in [-0.2, 0) is 17.1 Å². The van der Waals surface area contributed by atoms with E-state index >= 15 is 0 Å². The SMILES string of the molecule is Cn1c(=O)c(C(=O)NC2CCN(S(C)(=O)=O)CC2)cc2ncccc21. The van der Waals surface area contributed by atoms with Gasteiger partial charge in [0.25, 0.3) is 11.5 Å². The molecule has 1 fully saturated rings. The van der Waals surface area contributed by atoms with E-state index in [1.54, 1.807) is 25.4 Å². The van der Waals surface area contributed by atoms with Crippen molar-refractivity contribution in [2.75, 3.05) is 19.3 Å². The van der Waals surface area contributed by atoms with Crippen LogP contribution < -0.4 is 10.9 Å². The molecule has 8 nitrogen and oxygen atoms in total. The number of aromatic nitrogens is 2. The zero-order chi connectivity index (χ0) is 18.2. The smallest absolute Gasteiger partial charge is 0.263 e. The maximum atomic E-state index is 12.5. The number of carbonyl (C=O) groups is 1. The van der Waals surface area contributed by atoms with Gasteiger partial charge in [0.05, 0.1) is 17.3 Å². The number of nitrogens with zero attached hydrogens (tertiary/aromatic N) is 3. The van der Waals surface area contributed by atoms with Gasteiger partial charge in [-0.25, -0.2) is 12.7 Å². The van der Waals surface area contributed by atoms with Crippen molar-refractivity contribution < 1.29 is 13.2 Å². The molecule has 1 saturated heterocycles. The van der Waals surface area contributed by atoms with Gasteiger partial charge < -0.3 is 9.88 Å². The Morgan fingerprint density at radius 3 is 2.64 bits per heavy atom. The second-order valence-electron chi connectivity index (χ2n) is 6.24. The number of nitrogens with one attached hydrogen (secondary N) is 1. The molecule has 0 saturated carbocycles. The third kappa shape index (κ3) is 3.57. The van der Waals surface area contributed by atoms with Gasteiger partial charge in [-0.15, -0.1) is 0 Å². The average molecular weight is 364 g/mol. The molecule has 134 valence electrons. The summed E-state index contributed by atoms with van der Waals surface area (Å²) in [5.74, 6) is -0.453. The molecule has 0 spiro atoms.